The molecule has 0 radical (unpaired) electrons. The highest BCUT2D eigenvalue weighted by Gasteiger charge is 2.30. The van der Waals surface area contributed by atoms with Gasteiger partial charge in [-0.3, -0.25) is 4.90 Å². The van der Waals surface area contributed by atoms with Crippen LogP contribution in [0.5, 0.6) is 0 Å². The first-order valence-electron chi connectivity index (χ1n) is 8.37. The van der Waals surface area contributed by atoms with Crippen LogP contribution in [0.15, 0.2) is 30.3 Å². The molecule has 1 aromatic heterocycles. The van der Waals surface area contributed by atoms with E-state index in [0.29, 0.717) is 12.0 Å². The topological polar surface area (TPSA) is 41.1 Å². The molecule has 4 nitrogen and oxygen atoms in total. The first-order valence-corrected chi connectivity index (χ1v) is 8.37. The van der Waals surface area contributed by atoms with Gasteiger partial charge in [-0.15, -0.1) is 0 Å². The zero-order valence-corrected chi connectivity index (χ0v) is 14.5. The lowest BCUT2D eigenvalue weighted by atomic mass is 10.1. The van der Waals surface area contributed by atoms with Crippen LogP contribution in [0.1, 0.15) is 29.6 Å². The smallest absolute Gasteiger partial charge is 0.133 e. The molecule has 23 heavy (non-hydrogen) atoms. The predicted molar refractivity (Wildman–Crippen MR) is 94.5 cm³/mol. The van der Waals surface area contributed by atoms with E-state index in [-0.39, 0.29) is 0 Å². The molecule has 2 unspecified atom stereocenters. The van der Waals surface area contributed by atoms with Gasteiger partial charge in [0.25, 0.3) is 0 Å². The SMILES string of the molecule is Cc1nc(C)c(C)c(NC2CN(Cc3ccccc3)CC2C)n1. The number of benzene rings is 1. The Morgan fingerprint density at radius 1 is 1.09 bits per heavy atom. The number of hydrogen-bond acceptors (Lipinski definition) is 4. The quantitative estimate of drug-likeness (QED) is 0.940. The number of anilines is 1. The van der Waals surface area contributed by atoms with Gasteiger partial charge in [0.1, 0.15) is 11.6 Å². The third-order valence-corrected chi connectivity index (χ3v) is 4.76. The second-order valence-electron chi connectivity index (χ2n) is 6.74. The highest BCUT2D eigenvalue weighted by atomic mass is 15.2. The summed E-state index contributed by atoms with van der Waals surface area (Å²) in [6.07, 6.45) is 0. The van der Waals surface area contributed by atoms with E-state index in [4.69, 9.17) is 0 Å². The van der Waals surface area contributed by atoms with Crippen LogP contribution in [0.4, 0.5) is 5.82 Å². The maximum absolute atomic E-state index is 4.60. The van der Waals surface area contributed by atoms with Gasteiger partial charge in [0.05, 0.1) is 0 Å². The van der Waals surface area contributed by atoms with Crippen LogP contribution in [0.25, 0.3) is 0 Å². The molecule has 122 valence electrons. The summed E-state index contributed by atoms with van der Waals surface area (Å²) in [5.74, 6) is 2.43. The first-order chi connectivity index (χ1) is 11.0. The molecular formula is C19H26N4. The summed E-state index contributed by atoms with van der Waals surface area (Å²) in [6, 6.07) is 11.1. The zero-order chi connectivity index (χ0) is 16.4. The highest BCUT2D eigenvalue weighted by molar-refractivity contribution is 5.46. The summed E-state index contributed by atoms with van der Waals surface area (Å²) in [7, 11) is 0. The Balaban J connectivity index is 1.68. The predicted octanol–water partition coefficient (Wildman–Crippen LogP) is 3.33. The monoisotopic (exact) mass is 310 g/mol. The van der Waals surface area contributed by atoms with E-state index in [2.05, 4.69) is 71.3 Å². The zero-order valence-electron chi connectivity index (χ0n) is 14.5. The van der Waals surface area contributed by atoms with Gasteiger partial charge < -0.3 is 5.32 Å². The van der Waals surface area contributed by atoms with Gasteiger partial charge in [-0.2, -0.15) is 0 Å². The van der Waals surface area contributed by atoms with Crippen LogP contribution in [0.3, 0.4) is 0 Å². The van der Waals surface area contributed by atoms with Gasteiger partial charge in [-0.05, 0) is 32.3 Å². The molecule has 0 saturated carbocycles. The Labute approximate surface area is 139 Å². The van der Waals surface area contributed by atoms with Crippen LogP contribution in [-0.4, -0.2) is 34.0 Å². The van der Waals surface area contributed by atoms with Gasteiger partial charge >= 0.3 is 0 Å². The Kier molecular flexibility index (Phi) is 4.62. The van der Waals surface area contributed by atoms with Crippen molar-refractivity contribution >= 4 is 5.82 Å². The Morgan fingerprint density at radius 2 is 1.83 bits per heavy atom. The molecule has 0 bridgehead atoms. The van der Waals surface area contributed by atoms with Crippen LogP contribution in [0, 0.1) is 26.7 Å². The summed E-state index contributed by atoms with van der Waals surface area (Å²) >= 11 is 0. The summed E-state index contributed by atoms with van der Waals surface area (Å²) < 4.78 is 0. The minimum absolute atomic E-state index is 0.436. The molecule has 1 aliphatic heterocycles. The molecule has 0 amide bonds. The van der Waals surface area contributed by atoms with Crippen LogP contribution >= 0.6 is 0 Å². The molecule has 0 aliphatic carbocycles. The summed E-state index contributed by atoms with van der Waals surface area (Å²) in [5, 5.41) is 3.66. The van der Waals surface area contributed by atoms with Crippen molar-refractivity contribution in [1.29, 1.82) is 0 Å². The fourth-order valence-electron chi connectivity index (χ4n) is 3.31. The van der Waals surface area contributed by atoms with E-state index in [9.17, 15) is 0 Å². The molecule has 2 heterocycles. The lowest BCUT2D eigenvalue weighted by molar-refractivity contribution is 0.319. The van der Waals surface area contributed by atoms with Gasteiger partial charge in [0.2, 0.25) is 0 Å². The number of aromatic nitrogens is 2. The maximum atomic E-state index is 4.60. The van der Waals surface area contributed by atoms with E-state index in [1.807, 2.05) is 6.92 Å². The van der Waals surface area contributed by atoms with Crippen molar-refractivity contribution in [1.82, 2.24) is 14.9 Å². The lowest BCUT2D eigenvalue weighted by Gasteiger charge is -2.20. The molecule has 0 spiro atoms. The van der Waals surface area contributed by atoms with Crippen molar-refractivity contribution in [2.75, 3.05) is 18.4 Å². The second kappa shape index (κ2) is 6.67. The largest absolute Gasteiger partial charge is 0.365 e. The molecule has 2 atom stereocenters. The fourth-order valence-corrected chi connectivity index (χ4v) is 3.31. The minimum atomic E-state index is 0.436. The van der Waals surface area contributed by atoms with E-state index < -0.39 is 0 Å². The standard InChI is InChI=1S/C19H26N4/c1-13-10-23(11-17-8-6-5-7-9-17)12-18(13)22-19-14(2)15(3)20-16(4)21-19/h5-9,13,18H,10-12H2,1-4H3,(H,20,21,22). The molecule has 1 N–H and O–H groups in total. The van der Waals surface area contributed by atoms with E-state index in [0.717, 1.165) is 42.5 Å². The minimum Gasteiger partial charge on any atom is -0.365 e. The molecule has 1 aliphatic rings. The number of hydrogen-bond donors (Lipinski definition) is 1. The average Bonchev–Trinajstić information content (AvgIpc) is 2.85. The van der Waals surface area contributed by atoms with Crippen LogP contribution < -0.4 is 5.32 Å². The average molecular weight is 310 g/mol. The van der Waals surface area contributed by atoms with Crippen molar-refractivity contribution in [3.63, 3.8) is 0 Å². The molecule has 1 saturated heterocycles. The molecular weight excluding hydrogens is 284 g/mol. The van der Waals surface area contributed by atoms with Crippen molar-refractivity contribution < 1.29 is 0 Å². The number of nitrogens with one attached hydrogen (secondary N) is 1. The maximum Gasteiger partial charge on any atom is 0.133 e. The second-order valence-corrected chi connectivity index (χ2v) is 6.74. The van der Waals surface area contributed by atoms with Crippen LogP contribution in [0.2, 0.25) is 0 Å². The van der Waals surface area contributed by atoms with Gasteiger partial charge in [0.15, 0.2) is 0 Å². The van der Waals surface area contributed by atoms with E-state index in [1.165, 1.54) is 5.56 Å². The summed E-state index contributed by atoms with van der Waals surface area (Å²) in [6.45, 7) is 11.6. The Bertz CT molecular complexity index is 669. The normalized spacial score (nSPS) is 21.6. The van der Waals surface area contributed by atoms with Gasteiger partial charge in [0, 0.05) is 36.9 Å². The van der Waals surface area contributed by atoms with Crippen molar-refractivity contribution in [2.45, 2.75) is 40.3 Å². The van der Waals surface area contributed by atoms with Crippen molar-refractivity contribution in [3.8, 4) is 0 Å². The fraction of sp³-hybridized carbons (Fsp3) is 0.474. The van der Waals surface area contributed by atoms with E-state index in [1.54, 1.807) is 0 Å². The highest BCUT2D eigenvalue weighted by Crippen LogP contribution is 2.24. The molecule has 1 aromatic carbocycles. The Hall–Kier alpha value is -1.94. The van der Waals surface area contributed by atoms with Crippen molar-refractivity contribution in [2.24, 2.45) is 5.92 Å². The van der Waals surface area contributed by atoms with E-state index >= 15 is 0 Å². The third-order valence-electron chi connectivity index (χ3n) is 4.76. The lowest BCUT2D eigenvalue weighted by Crippen LogP contribution is -2.29. The molecule has 2 aromatic rings. The number of aryl methyl sites for hydroxylation is 2. The third kappa shape index (κ3) is 3.70. The summed E-state index contributed by atoms with van der Waals surface area (Å²) in [5.41, 5.74) is 3.60. The Morgan fingerprint density at radius 3 is 2.57 bits per heavy atom. The number of rotatable bonds is 4. The van der Waals surface area contributed by atoms with Crippen molar-refractivity contribution in [3.05, 3.63) is 53.0 Å². The number of nitrogens with zero attached hydrogens (tertiary/aromatic N) is 3. The molecule has 4 heteroatoms. The first kappa shape index (κ1) is 15.9. The van der Waals surface area contributed by atoms with Crippen LogP contribution in [-0.2, 0) is 6.54 Å². The van der Waals surface area contributed by atoms with Gasteiger partial charge in [-0.25, -0.2) is 9.97 Å². The molecule has 1 fully saturated rings. The van der Waals surface area contributed by atoms with Gasteiger partial charge in [-0.1, -0.05) is 37.3 Å². The molecule has 3 rings (SSSR count). The number of likely N-dealkylation sites (tertiary alicyclic amines) is 1. The summed E-state index contributed by atoms with van der Waals surface area (Å²) in [4.78, 5) is 11.6.